The molecule has 0 aromatic heterocycles. The van der Waals surface area contributed by atoms with Crippen LogP contribution in [0.3, 0.4) is 0 Å². The van der Waals surface area contributed by atoms with Crippen LogP contribution in [-0.2, 0) is 27.9 Å². The molecule has 0 heterocycles. The van der Waals surface area contributed by atoms with Gasteiger partial charge in [0.15, 0.2) is 0 Å². The zero-order valence-corrected chi connectivity index (χ0v) is 54.9. The highest BCUT2D eigenvalue weighted by Crippen LogP contribution is 2.38. The average molecular weight is 1160 g/mol. The van der Waals surface area contributed by atoms with Crippen molar-refractivity contribution in [1.29, 1.82) is 0 Å². The van der Waals surface area contributed by atoms with E-state index in [1.807, 2.05) is 33.3 Å². The van der Waals surface area contributed by atoms with Crippen molar-refractivity contribution >= 4 is 19.7 Å². The number of unbranched alkanes of at least 4 members (excludes halogenated alkanes) is 36. The van der Waals surface area contributed by atoms with Gasteiger partial charge in [-0.25, -0.2) is 0 Å². The third-order valence-electron chi connectivity index (χ3n) is 15.2. The minimum absolute atomic E-state index is 0.0230. The van der Waals surface area contributed by atoms with E-state index < -0.39 is 20.0 Å². The summed E-state index contributed by atoms with van der Waals surface area (Å²) >= 11 is 0. The standard InChI is InChI=1S/C71H131N2O7P/c1-7-10-13-16-19-22-25-28-30-31-32-33-34-35-36-37-38-39-40-41-43-45-48-51-54-57-60-63-70(74)72-68(67-79-81(76,77)78-66-65-73(4,5)6)69(62-59-56-53-50-47-44-27-24-21-18-15-12-9-3)80-71(75)64-61-58-55-52-49-46-42-29-26-23-20-17-14-11-8-2/h10,13,19,22,28,30,32-33,35-36,59,62,68-69H,7-9,11-12,14-18,20-21,23-27,29,31,34,37-58,60-61,63-67H2,1-6H3,(H-,72,74,76,77)/b13-10-,22-19-,30-28-,33-32-,36-35-,62-59-. The summed E-state index contributed by atoms with van der Waals surface area (Å²) in [6, 6.07) is -0.890. The minimum atomic E-state index is -4.70. The molecule has 0 bridgehead atoms. The first kappa shape index (κ1) is 78.5. The molecule has 0 radical (unpaired) electrons. The van der Waals surface area contributed by atoms with Crippen molar-refractivity contribution in [3.8, 4) is 0 Å². The molecule has 1 N–H and O–H groups in total. The smallest absolute Gasteiger partial charge is 0.306 e. The fraction of sp³-hybridized carbons (Fsp3) is 0.803. The Morgan fingerprint density at radius 3 is 1.19 bits per heavy atom. The lowest BCUT2D eigenvalue weighted by molar-refractivity contribution is -0.870. The van der Waals surface area contributed by atoms with Crippen molar-refractivity contribution in [2.24, 2.45) is 0 Å². The van der Waals surface area contributed by atoms with Crippen molar-refractivity contribution in [3.63, 3.8) is 0 Å². The van der Waals surface area contributed by atoms with Gasteiger partial charge in [-0.05, 0) is 76.7 Å². The fourth-order valence-corrected chi connectivity index (χ4v) is 10.6. The summed E-state index contributed by atoms with van der Waals surface area (Å²) in [5, 5.41) is 3.04. The Hall–Kier alpha value is -2.55. The molecule has 0 aliphatic rings. The van der Waals surface area contributed by atoms with Crippen LogP contribution in [0.5, 0.6) is 0 Å². The van der Waals surface area contributed by atoms with E-state index in [0.29, 0.717) is 17.4 Å². The second-order valence-corrected chi connectivity index (χ2v) is 25.7. The number of rotatable bonds is 62. The Bertz CT molecular complexity index is 1620. The van der Waals surface area contributed by atoms with Gasteiger partial charge in [-0.1, -0.05) is 299 Å². The van der Waals surface area contributed by atoms with Gasteiger partial charge in [0.05, 0.1) is 33.8 Å². The number of nitrogens with zero attached hydrogens (tertiary/aromatic N) is 1. The van der Waals surface area contributed by atoms with Crippen molar-refractivity contribution in [2.75, 3.05) is 40.9 Å². The number of allylic oxidation sites excluding steroid dienone is 11. The van der Waals surface area contributed by atoms with Crippen LogP contribution in [0.4, 0.5) is 0 Å². The number of esters is 1. The monoisotopic (exact) mass is 1150 g/mol. The summed E-state index contributed by atoms with van der Waals surface area (Å²) in [6.07, 6.45) is 78.7. The molecule has 1 amide bonds. The summed E-state index contributed by atoms with van der Waals surface area (Å²) in [5.74, 6) is -0.533. The molecule has 3 atom stereocenters. The molecular formula is C71H131N2O7P. The van der Waals surface area contributed by atoms with E-state index in [-0.39, 0.29) is 31.5 Å². The SMILES string of the molecule is CC/C=C\C/C=C\C/C=C\C/C=C\C/C=C\CCCCCCCCCCCCCC(=O)NC(COP(=O)([O-])OCC[N+](C)(C)C)C(/C=C\CCCCCCCCCCCCC)OC(=O)CCCCCCCCCCCCCCCCC. The van der Waals surface area contributed by atoms with Gasteiger partial charge in [0.1, 0.15) is 19.3 Å². The third-order valence-corrected chi connectivity index (χ3v) is 16.1. The summed E-state index contributed by atoms with van der Waals surface area (Å²) in [7, 11) is 1.19. The zero-order chi connectivity index (χ0) is 59.3. The maximum Gasteiger partial charge on any atom is 0.306 e. The number of phosphoric acid groups is 1. The molecular weight excluding hydrogens is 1020 g/mol. The lowest BCUT2D eigenvalue weighted by Crippen LogP contribution is -2.47. The number of quaternary nitrogens is 1. The van der Waals surface area contributed by atoms with Crippen LogP contribution in [0.2, 0.25) is 0 Å². The van der Waals surface area contributed by atoms with Crippen LogP contribution < -0.4 is 10.2 Å². The molecule has 3 unspecified atom stereocenters. The first-order valence-electron chi connectivity index (χ1n) is 34.2. The van der Waals surface area contributed by atoms with Crippen LogP contribution in [0, 0.1) is 0 Å². The van der Waals surface area contributed by atoms with E-state index in [2.05, 4.69) is 86.8 Å². The largest absolute Gasteiger partial charge is 0.756 e. The first-order valence-corrected chi connectivity index (χ1v) is 35.7. The van der Waals surface area contributed by atoms with E-state index >= 15 is 0 Å². The average Bonchev–Trinajstić information content (AvgIpc) is 3.44. The lowest BCUT2D eigenvalue weighted by atomic mass is 10.0. The van der Waals surface area contributed by atoms with Gasteiger partial charge in [-0.3, -0.25) is 14.2 Å². The molecule has 0 aromatic carbocycles. The molecule has 0 saturated carbocycles. The molecule has 0 spiro atoms. The van der Waals surface area contributed by atoms with Gasteiger partial charge in [-0.15, -0.1) is 0 Å². The summed E-state index contributed by atoms with van der Waals surface area (Å²) in [6.45, 7) is 6.76. The minimum Gasteiger partial charge on any atom is -0.756 e. The Labute approximate surface area is 502 Å². The molecule has 10 heteroatoms. The van der Waals surface area contributed by atoms with Crippen molar-refractivity contribution in [3.05, 3.63) is 72.9 Å². The van der Waals surface area contributed by atoms with E-state index in [1.54, 1.807) is 0 Å². The van der Waals surface area contributed by atoms with Crippen LogP contribution in [0.25, 0.3) is 0 Å². The highest BCUT2D eigenvalue weighted by molar-refractivity contribution is 7.45. The summed E-state index contributed by atoms with van der Waals surface area (Å²) < 4.78 is 30.4. The second kappa shape index (κ2) is 60.6. The van der Waals surface area contributed by atoms with Gasteiger partial charge in [0.25, 0.3) is 7.82 Å². The second-order valence-electron chi connectivity index (χ2n) is 24.3. The van der Waals surface area contributed by atoms with Crippen LogP contribution in [0.1, 0.15) is 316 Å². The molecule has 0 aliphatic carbocycles. The van der Waals surface area contributed by atoms with Crippen molar-refractivity contribution in [2.45, 2.75) is 328 Å². The first-order chi connectivity index (χ1) is 39.4. The van der Waals surface area contributed by atoms with Gasteiger partial charge in [-0.2, -0.15) is 0 Å². The van der Waals surface area contributed by atoms with E-state index in [1.165, 1.54) is 186 Å². The molecule has 0 aliphatic heterocycles. The van der Waals surface area contributed by atoms with Gasteiger partial charge in [0.2, 0.25) is 5.91 Å². The quantitative estimate of drug-likeness (QED) is 0.0212. The maximum absolute atomic E-state index is 13.6. The molecule has 9 nitrogen and oxygen atoms in total. The topological polar surface area (TPSA) is 114 Å². The van der Waals surface area contributed by atoms with Gasteiger partial charge < -0.3 is 28.5 Å². The van der Waals surface area contributed by atoms with Crippen LogP contribution >= 0.6 is 7.82 Å². The number of hydrogen-bond donors (Lipinski definition) is 1. The van der Waals surface area contributed by atoms with E-state index in [9.17, 15) is 19.0 Å². The van der Waals surface area contributed by atoms with Crippen molar-refractivity contribution in [1.82, 2.24) is 5.32 Å². The molecule has 0 aromatic rings. The van der Waals surface area contributed by atoms with E-state index in [4.69, 9.17) is 13.8 Å². The molecule has 472 valence electrons. The van der Waals surface area contributed by atoms with Crippen molar-refractivity contribution < 1.29 is 37.3 Å². The predicted molar refractivity (Wildman–Crippen MR) is 348 cm³/mol. The summed E-state index contributed by atoms with van der Waals surface area (Å²) in [4.78, 5) is 40.1. The maximum atomic E-state index is 13.6. The number of carbonyl (C=O) groups excluding carboxylic acids is 2. The number of carbonyl (C=O) groups is 2. The van der Waals surface area contributed by atoms with Gasteiger partial charge >= 0.3 is 5.97 Å². The normalized spacial score (nSPS) is 14.0. The number of ether oxygens (including phenoxy) is 1. The number of nitrogens with one attached hydrogen (secondary N) is 1. The number of amides is 1. The number of hydrogen-bond acceptors (Lipinski definition) is 7. The van der Waals surface area contributed by atoms with E-state index in [0.717, 1.165) is 96.3 Å². The fourth-order valence-electron chi connectivity index (χ4n) is 9.90. The third kappa shape index (κ3) is 61.8. The Morgan fingerprint density at radius 1 is 0.444 bits per heavy atom. The molecule has 81 heavy (non-hydrogen) atoms. The predicted octanol–water partition coefficient (Wildman–Crippen LogP) is 20.9. The zero-order valence-electron chi connectivity index (χ0n) is 54.0. The molecule has 0 fully saturated rings. The highest BCUT2D eigenvalue weighted by atomic mass is 31.2. The lowest BCUT2D eigenvalue weighted by Gasteiger charge is -2.30. The Morgan fingerprint density at radius 2 is 0.790 bits per heavy atom. The number of likely N-dealkylation sites (N-methyl/N-ethyl adjacent to an activating group) is 1. The Kier molecular flexibility index (Phi) is 58.7. The van der Waals surface area contributed by atoms with Crippen LogP contribution in [0.15, 0.2) is 72.9 Å². The Balaban J connectivity index is 5.08. The highest BCUT2D eigenvalue weighted by Gasteiger charge is 2.27. The van der Waals surface area contributed by atoms with Gasteiger partial charge in [0, 0.05) is 12.8 Å². The number of phosphoric ester groups is 1. The summed E-state index contributed by atoms with van der Waals surface area (Å²) in [5.41, 5.74) is 0. The molecule has 0 saturated heterocycles. The van der Waals surface area contributed by atoms with Crippen LogP contribution in [-0.4, -0.2) is 69.4 Å². The molecule has 0 rings (SSSR count).